The molecule has 8 nitrogen and oxygen atoms in total. The molecule has 0 saturated carbocycles. The average Bonchev–Trinajstić information content (AvgIpc) is 3.27. The lowest BCUT2D eigenvalue weighted by molar-refractivity contribution is -0.136. The van der Waals surface area contributed by atoms with Crippen molar-refractivity contribution in [3.8, 4) is 17.2 Å². The van der Waals surface area contributed by atoms with Crippen LogP contribution in [0.2, 0.25) is 0 Å². The standard InChI is InChI=1S/C27H25N3O5/c1-19-25(29-27(35-19)21-7-3-2-4-8-21)18-33-22-12-10-20(11-13-22)17-34-30-24(14-15-26(31)32)23-9-5-6-16-28-23/h2-14,16,30H,15,17-18H2,1H3,(H,31,32). The van der Waals surface area contributed by atoms with Gasteiger partial charge in [0.25, 0.3) is 0 Å². The number of carboxylic acids is 1. The highest BCUT2D eigenvalue weighted by molar-refractivity contribution is 5.72. The predicted molar refractivity (Wildman–Crippen MR) is 130 cm³/mol. The van der Waals surface area contributed by atoms with Crippen molar-refractivity contribution in [1.82, 2.24) is 15.4 Å². The van der Waals surface area contributed by atoms with E-state index in [0.29, 0.717) is 29.6 Å². The molecule has 35 heavy (non-hydrogen) atoms. The first-order chi connectivity index (χ1) is 17.1. The fourth-order valence-electron chi connectivity index (χ4n) is 3.21. The first kappa shape index (κ1) is 23.7. The van der Waals surface area contributed by atoms with Crippen LogP contribution in [-0.2, 0) is 22.8 Å². The highest BCUT2D eigenvalue weighted by Crippen LogP contribution is 2.23. The first-order valence-electron chi connectivity index (χ1n) is 11.0. The number of rotatable bonds is 11. The molecular weight excluding hydrogens is 446 g/mol. The summed E-state index contributed by atoms with van der Waals surface area (Å²) in [6, 6.07) is 22.6. The summed E-state index contributed by atoms with van der Waals surface area (Å²) in [4.78, 5) is 25.3. The number of nitrogens with zero attached hydrogens (tertiary/aromatic N) is 2. The van der Waals surface area contributed by atoms with E-state index in [1.165, 1.54) is 6.08 Å². The Balaban J connectivity index is 1.30. The van der Waals surface area contributed by atoms with Crippen LogP contribution >= 0.6 is 0 Å². The largest absolute Gasteiger partial charge is 0.487 e. The van der Waals surface area contributed by atoms with E-state index in [-0.39, 0.29) is 13.0 Å². The van der Waals surface area contributed by atoms with E-state index in [1.54, 1.807) is 18.3 Å². The summed E-state index contributed by atoms with van der Waals surface area (Å²) in [5, 5.41) is 8.97. The Hall–Kier alpha value is -4.43. The van der Waals surface area contributed by atoms with Crippen molar-refractivity contribution in [2.24, 2.45) is 0 Å². The Labute approximate surface area is 202 Å². The monoisotopic (exact) mass is 471 g/mol. The highest BCUT2D eigenvalue weighted by Gasteiger charge is 2.12. The van der Waals surface area contributed by atoms with E-state index in [1.807, 2.05) is 67.6 Å². The van der Waals surface area contributed by atoms with Crippen LogP contribution in [0.1, 0.15) is 29.1 Å². The third kappa shape index (κ3) is 6.78. The summed E-state index contributed by atoms with van der Waals surface area (Å²) in [7, 11) is 0. The normalized spacial score (nSPS) is 11.3. The molecule has 2 aromatic heterocycles. The van der Waals surface area contributed by atoms with Gasteiger partial charge in [-0.3, -0.25) is 20.1 Å². The number of hydrogen-bond acceptors (Lipinski definition) is 7. The quantitative estimate of drug-likeness (QED) is 0.289. The number of pyridine rings is 1. The number of nitrogens with one attached hydrogen (secondary N) is 1. The van der Waals surface area contributed by atoms with Crippen molar-refractivity contribution in [3.63, 3.8) is 0 Å². The van der Waals surface area contributed by atoms with Gasteiger partial charge in [-0.1, -0.05) is 36.4 Å². The summed E-state index contributed by atoms with van der Waals surface area (Å²) >= 11 is 0. The molecule has 2 aromatic carbocycles. The minimum atomic E-state index is -0.937. The second-order valence-electron chi connectivity index (χ2n) is 7.64. The van der Waals surface area contributed by atoms with Crippen LogP contribution in [-0.4, -0.2) is 21.0 Å². The number of ether oxygens (including phenoxy) is 1. The van der Waals surface area contributed by atoms with Gasteiger partial charge in [0.1, 0.15) is 23.8 Å². The number of carbonyl (C=O) groups is 1. The van der Waals surface area contributed by atoms with Gasteiger partial charge in [-0.15, -0.1) is 0 Å². The van der Waals surface area contributed by atoms with E-state index < -0.39 is 5.97 Å². The first-order valence-corrected chi connectivity index (χ1v) is 11.0. The number of aryl methyl sites for hydroxylation is 1. The molecule has 8 heteroatoms. The van der Waals surface area contributed by atoms with Crippen LogP contribution in [0.25, 0.3) is 17.2 Å². The lowest BCUT2D eigenvalue weighted by Gasteiger charge is -2.11. The van der Waals surface area contributed by atoms with Gasteiger partial charge in [0, 0.05) is 11.8 Å². The SMILES string of the molecule is Cc1oc(-c2ccccc2)nc1COc1ccc(CONC(=CCC(=O)O)c2ccccn2)cc1. The summed E-state index contributed by atoms with van der Waals surface area (Å²) in [6.07, 6.45) is 3.01. The van der Waals surface area contributed by atoms with Gasteiger partial charge in [0.2, 0.25) is 5.89 Å². The highest BCUT2D eigenvalue weighted by atomic mass is 16.6. The summed E-state index contributed by atoms with van der Waals surface area (Å²) in [6.45, 7) is 2.43. The van der Waals surface area contributed by atoms with Crippen molar-refractivity contribution in [1.29, 1.82) is 0 Å². The van der Waals surface area contributed by atoms with E-state index >= 15 is 0 Å². The number of carboxylic acid groups (broad SMARTS) is 1. The minimum Gasteiger partial charge on any atom is -0.487 e. The number of aromatic nitrogens is 2. The molecule has 0 spiro atoms. The number of benzene rings is 2. The zero-order chi connectivity index (χ0) is 24.5. The summed E-state index contributed by atoms with van der Waals surface area (Å²) in [5.74, 6) is 1.05. The van der Waals surface area contributed by atoms with Gasteiger partial charge < -0.3 is 14.3 Å². The second-order valence-corrected chi connectivity index (χ2v) is 7.64. The second kappa shape index (κ2) is 11.6. The molecule has 0 aliphatic heterocycles. The minimum absolute atomic E-state index is 0.147. The third-order valence-electron chi connectivity index (χ3n) is 5.05. The number of hydrogen-bond donors (Lipinski definition) is 2. The van der Waals surface area contributed by atoms with Crippen LogP contribution in [0, 0.1) is 6.92 Å². The van der Waals surface area contributed by atoms with Crippen LogP contribution in [0.3, 0.4) is 0 Å². The molecule has 0 aliphatic rings. The van der Waals surface area contributed by atoms with Crippen molar-refractivity contribution in [2.45, 2.75) is 26.6 Å². The molecule has 0 amide bonds. The Kier molecular flexibility index (Phi) is 7.88. The third-order valence-corrected chi connectivity index (χ3v) is 5.05. The fraction of sp³-hybridized carbons (Fsp3) is 0.148. The van der Waals surface area contributed by atoms with E-state index in [9.17, 15) is 4.79 Å². The Morgan fingerprint density at radius 1 is 1.03 bits per heavy atom. The summed E-state index contributed by atoms with van der Waals surface area (Å²) < 4.78 is 11.7. The summed E-state index contributed by atoms with van der Waals surface area (Å²) in [5.41, 5.74) is 6.47. The van der Waals surface area contributed by atoms with Crippen LogP contribution in [0.4, 0.5) is 0 Å². The van der Waals surface area contributed by atoms with Crippen molar-refractivity contribution in [3.05, 3.63) is 108 Å². The van der Waals surface area contributed by atoms with Crippen molar-refractivity contribution in [2.75, 3.05) is 0 Å². The Morgan fingerprint density at radius 3 is 2.51 bits per heavy atom. The van der Waals surface area contributed by atoms with E-state index in [4.69, 9.17) is 19.1 Å². The molecule has 4 rings (SSSR count). The lowest BCUT2D eigenvalue weighted by Crippen LogP contribution is -2.14. The van der Waals surface area contributed by atoms with Crippen LogP contribution in [0.5, 0.6) is 5.75 Å². The topological polar surface area (TPSA) is 107 Å². The predicted octanol–water partition coefficient (Wildman–Crippen LogP) is 5.16. The zero-order valence-corrected chi connectivity index (χ0v) is 19.2. The molecule has 0 fully saturated rings. The number of oxazole rings is 1. The van der Waals surface area contributed by atoms with Gasteiger partial charge in [-0.2, -0.15) is 0 Å². The maximum absolute atomic E-state index is 10.9. The molecule has 2 N–H and O–H groups in total. The van der Waals surface area contributed by atoms with E-state index in [0.717, 1.165) is 22.6 Å². The molecule has 0 bridgehead atoms. The van der Waals surface area contributed by atoms with E-state index in [2.05, 4.69) is 15.4 Å². The van der Waals surface area contributed by atoms with Gasteiger partial charge in [-0.05, 0) is 55.0 Å². The Bertz CT molecular complexity index is 1270. The fourth-order valence-corrected chi connectivity index (χ4v) is 3.21. The molecule has 0 atom stereocenters. The smallest absolute Gasteiger partial charge is 0.307 e. The number of hydroxylamine groups is 1. The molecule has 2 heterocycles. The van der Waals surface area contributed by atoms with Gasteiger partial charge >= 0.3 is 5.97 Å². The Morgan fingerprint density at radius 2 is 1.80 bits per heavy atom. The zero-order valence-electron chi connectivity index (χ0n) is 19.2. The molecule has 0 saturated heterocycles. The van der Waals surface area contributed by atoms with Gasteiger partial charge in [0.05, 0.1) is 24.4 Å². The maximum Gasteiger partial charge on any atom is 0.307 e. The molecule has 0 aliphatic carbocycles. The molecule has 0 radical (unpaired) electrons. The van der Waals surface area contributed by atoms with Crippen LogP contribution < -0.4 is 10.2 Å². The molecule has 178 valence electrons. The average molecular weight is 472 g/mol. The van der Waals surface area contributed by atoms with Crippen LogP contribution in [0.15, 0.2) is 89.5 Å². The van der Waals surface area contributed by atoms with Crippen molar-refractivity contribution >= 4 is 11.7 Å². The van der Waals surface area contributed by atoms with Crippen molar-refractivity contribution < 1.29 is 23.9 Å². The maximum atomic E-state index is 10.9. The van der Waals surface area contributed by atoms with Gasteiger partial charge in [0.15, 0.2) is 0 Å². The lowest BCUT2D eigenvalue weighted by atomic mass is 10.2. The molecule has 4 aromatic rings. The van der Waals surface area contributed by atoms with Gasteiger partial charge in [-0.25, -0.2) is 4.98 Å². The molecular formula is C27H25N3O5. The number of aliphatic carboxylic acids is 1. The molecule has 0 unspecified atom stereocenters.